The fraction of sp³-hybridized carbons (Fsp3) is 0.438. The summed E-state index contributed by atoms with van der Waals surface area (Å²) in [4.78, 5) is 37.9. The lowest BCUT2D eigenvalue weighted by Gasteiger charge is -2.34. The van der Waals surface area contributed by atoms with Crippen LogP contribution in [0.4, 0.5) is 0 Å². The van der Waals surface area contributed by atoms with Crippen molar-refractivity contribution in [2.75, 3.05) is 0 Å². The molecule has 3 amide bonds. The van der Waals surface area contributed by atoms with E-state index in [2.05, 4.69) is 50.1 Å². The molecule has 204 valence electrons. The molecule has 1 atom stereocenters. The van der Waals surface area contributed by atoms with Crippen molar-refractivity contribution in [3.05, 3.63) is 88.8 Å². The zero-order chi connectivity index (χ0) is 28.3. The fourth-order valence-electron chi connectivity index (χ4n) is 5.14. The minimum atomic E-state index is -0.559. The largest absolute Gasteiger partial charge is 0.366 e. The highest BCUT2D eigenvalue weighted by molar-refractivity contribution is 6.03. The number of nitrogens with two attached hydrogens (primary N) is 1. The van der Waals surface area contributed by atoms with Crippen LogP contribution in [-0.2, 0) is 19.8 Å². The lowest BCUT2D eigenvalue weighted by Crippen LogP contribution is -2.51. The number of carbonyl (C=O) groups excluding carboxylic acids is 3. The van der Waals surface area contributed by atoms with Gasteiger partial charge in [-0.2, -0.15) is 0 Å². The van der Waals surface area contributed by atoms with Crippen LogP contribution in [0, 0.1) is 5.41 Å². The molecule has 0 aromatic carbocycles. The summed E-state index contributed by atoms with van der Waals surface area (Å²) in [5.41, 5.74) is 10.8. The molecular weight excluding hydrogens is 474 g/mol. The summed E-state index contributed by atoms with van der Waals surface area (Å²) in [7, 11) is 0. The quantitative estimate of drug-likeness (QED) is 0.256. The van der Waals surface area contributed by atoms with Crippen LogP contribution < -0.4 is 11.1 Å². The van der Waals surface area contributed by atoms with E-state index in [1.807, 2.05) is 44.2 Å². The van der Waals surface area contributed by atoms with Gasteiger partial charge in [0.2, 0.25) is 17.7 Å². The van der Waals surface area contributed by atoms with E-state index >= 15 is 0 Å². The van der Waals surface area contributed by atoms with Crippen molar-refractivity contribution in [2.45, 2.75) is 85.5 Å². The first-order valence-electron chi connectivity index (χ1n) is 13.4. The fourth-order valence-corrected chi connectivity index (χ4v) is 5.14. The number of rotatable bonds is 7. The number of amides is 3. The van der Waals surface area contributed by atoms with Gasteiger partial charge in [-0.05, 0) is 87.1 Å². The van der Waals surface area contributed by atoms with Crippen LogP contribution in [0.1, 0.15) is 85.6 Å². The van der Waals surface area contributed by atoms with Crippen molar-refractivity contribution < 1.29 is 14.4 Å². The van der Waals surface area contributed by atoms with Gasteiger partial charge in [0.05, 0.1) is 5.41 Å². The van der Waals surface area contributed by atoms with E-state index in [1.54, 1.807) is 12.4 Å². The molecule has 6 nitrogen and oxygen atoms in total. The number of hydrogen-bond donors (Lipinski definition) is 2. The molecule has 0 spiro atoms. The topological polar surface area (TPSA) is 102 Å². The Hall–Kier alpha value is -3.54. The summed E-state index contributed by atoms with van der Waals surface area (Å²) in [5.74, 6) is -0.773. The maximum absolute atomic E-state index is 12.0. The van der Waals surface area contributed by atoms with Crippen LogP contribution in [0.2, 0.25) is 0 Å². The third-order valence-corrected chi connectivity index (χ3v) is 7.45. The number of aromatic nitrogens is 1. The molecule has 6 heteroatoms. The van der Waals surface area contributed by atoms with Gasteiger partial charge in [0, 0.05) is 24.9 Å². The molecule has 38 heavy (non-hydrogen) atoms. The van der Waals surface area contributed by atoms with E-state index in [4.69, 9.17) is 5.73 Å². The van der Waals surface area contributed by atoms with E-state index < -0.39 is 11.3 Å². The first-order chi connectivity index (χ1) is 17.9. The van der Waals surface area contributed by atoms with Crippen molar-refractivity contribution in [3.63, 3.8) is 0 Å². The standard InChI is InChI=1S/C20H29NO.C12H14N2O2/c1-15(8-6-9-16(2)14-19(21)22)11-12-18-17(3)10-7-13-20(18,4)5;1-2-12(9-4-7-13-8-5-9)6-3-10(15)14-11(12)16/h6,8-9,11-12,14H,7,10,13H2,1-5H3,(H2,21,22);4-5,7-8H,2-3,6H2,1H3,(H,14,15,16)/b9-6+,12-11+,15-8+,16-14+;. The first kappa shape index (κ1) is 30.7. The summed E-state index contributed by atoms with van der Waals surface area (Å²) < 4.78 is 0. The smallest absolute Gasteiger partial charge is 0.241 e. The van der Waals surface area contributed by atoms with Gasteiger partial charge in [0.25, 0.3) is 0 Å². The van der Waals surface area contributed by atoms with E-state index in [0.29, 0.717) is 19.3 Å². The van der Waals surface area contributed by atoms with E-state index in [9.17, 15) is 14.4 Å². The van der Waals surface area contributed by atoms with Crippen LogP contribution in [0.3, 0.4) is 0 Å². The van der Waals surface area contributed by atoms with Crippen LogP contribution in [0.25, 0.3) is 0 Å². The molecule has 1 aliphatic heterocycles. The van der Waals surface area contributed by atoms with Crippen molar-refractivity contribution >= 4 is 17.7 Å². The maximum Gasteiger partial charge on any atom is 0.241 e. The van der Waals surface area contributed by atoms with Crippen LogP contribution in [0.5, 0.6) is 0 Å². The van der Waals surface area contributed by atoms with Gasteiger partial charge in [0.15, 0.2) is 0 Å². The van der Waals surface area contributed by atoms with Gasteiger partial charge in [-0.1, -0.05) is 62.3 Å². The SMILES string of the molecule is CC1=C(/C=C/C(C)=C/C=C/C(C)=C/C(N)=O)C(C)(C)CCC1.CCC1(c2ccncc2)CCC(=O)NC1=O. The van der Waals surface area contributed by atoms with Crippen LogP contribution in [0.15, 0.2) is 83.3 Å². The van der Waals surface area contributed by atoms with Gasteiger partial charge in [-0.25, -0.2) is 0 Å². The van der Waals surface area contributed by atoms with Gasteiger partial charge in [-0.15, -0.1) is 0 Å². The Balaban J connectivity index is 0.000000279. The molecule has 1 saturated heterocycles. The molecular formula is C32H43N3O3. The molecule has 2 heterocycles. The molecule has 3 rings (SSSR count). The van der Waals surface area contributed by atoms with Gasteiger partial charge in [-0.3, -0.25) is 24.7 Å². The summed E-state index contributed by atoms with van der Waals surface area (Å²) in [5, 5.41) is 2.42. The van der Waals surface area contributed by atoms with Crippen LogP contribution in [-0.4, -0.2) is 22.7 Å². The molecule has 1 aromatic heterocycles. The minimum Gasteiger partial charge on any atom is -0.366 e. The predicted octanol–water partition coefficient (Wildman–Crippen LogP) is 6.17. The number of hydrogen-bond acceptors (Lipinski definition) is 4. The number of allylic oxidation sites excluding steroid dienone is 9. The highest BCUT2D eigenvalue weighted by Crippen LogP contribution is 2.40. The Kier molecular flexibility index (Phi) is 11.2. The molecule has 3 N–H and O–H groups in total. The normalized spacial score (nSPS) is 22.4. The highest BCUT2D eigenvalue weighted by atomic mass is 16.2. The van der Waals surface area contributed by atoms with Crippen molar-refractivity contribution in [3.8, 4) is 0 Å². The molecule has 1 aliphatic carbocycles. The Bertz CT molecular complexity index is 1170. The molecule has 2 aliphatic rings. The Morgan fingerprint density at radius 3 is 2.34 bits per heavy atom. The minimum absolute atomic E-state index is 0.178. The van der Waals surface area contributed by atoms with Gasteiger partial charge < -0.3 is 5.73 Å². The number of carbonyl (C=O) groups is 3. The third-order valence-electron chi connectivity index (χ3n) is 7.45. The average Bonchev–Trinajstić information content (AvgIpc) is 2.84. The predicted molar refractivity (Wildman–Crippen MR) is 154 cm³/mol. The Labute approximate surface area is 227 Å². The number of primary amides is 1. The summed E-state index contributed by atoms with van der Waals surface area (Å²) >= 11 is 0. The Morgan fingerprint density at radius 2 is 1.76 bits per heavy atom. The Morgan fingerprint density at radius 1 is 1.08 bits per heavy atom. The molecule has 0 bridgehead atoms. The summed E-state index contributed by atoms with van der Waals surface area (Å²) in [6.45, 7) is 12.8. The van der Waals surface area contributed by atoms with Gasteiger partial charge >= 0.3 is 0 Å². The summed E-state index contributed by atoms with van der Waals surface area (Å²) in [6.07, 6.45) is 20.5. The zero-order valence-corrected chi connectivity index (χ0v) is 23.8. The molecule has 1 fully saturated rings. The second-order valence-electron chi connectivity index (χ2n) is 10.9. The van der Waals surface area contributed by atoms with Crippen LogP contribution >= 0.6 is 0 Å². The van der Waals surface area contributed by atoms with Gasteiger partial charge in [0.1, 0.15) is 0 Å². The molecule has 0 saturated carbocycles. The number of pyridine rings is 1. The number of nitrogens with zero attached hydrogens (tertiary/aromatic N) is 1. The van der Waals surface area contributed by atoms with E-state index in [-0.39, 0.29) is 17.2 Å². The van der Waals surface area contributed by atoms with Crippen molar-refractivity contribution in [2.24, 2.45) is 11.1 Å². The van der Waals surface area contributed by atoms with E-state index in [0.717, 1.165) is 11.1 Å². The third kappa shape index (κ3) is 8.51. The second kappa shape index (κ2) is 13.8. The second-order valence-corrected chi connectivity index (χ2v) is 10.9. The number of piperidine rings is 1. The summed E-state index contributed by atoms with van der Waals surface area (Å²) in [6, 6.07) is 3.69. The van der Waals surface area contributed by atoms with Crippen molar-refractivity contribution in [1.29, 1.82) is 0 Å². The number of imide groups is 1. The lowest BCUT2D eigenvalue weighted by atomic mass is 9.72. The first-order valence-corrected chi connectivity index (χ1v) is 13.4. The molecule has 1 aromatic rings. The van der Waals surface area contributed by atoms with E-state index in [1.165, 1.54) is 42.1 Å². The molecule has 1 unspecified atom stereocenters. The zero-order valence-electron chi connectivity index (χ0n) is 23.8. The highest BCUT2D eigenvalue weighted by Gasteiger charge is 2.42. The lowest BCUT2D eigenvalue weighted by molar-refractivity contribution is -0.138. The number of nitrogens with one attached hydrogen (secondary N) is 1. The average molecular weight is 518 g/mol. The molecule has 0 radical (unpaired) electrons. The monoisotopic (exact) mass is 517 g/mol. The maximum atomic E-state index is 12.0. The van der Waals surface area contributed by atoms with Crippen molar-refractivity contribution in [1.82, 2.24) is 10.3 Å².